The average molecular weight is 300 g/mol. The zero-order valence-corrected chi connectivity index (χ0v) is 13.5. The van der Waals surface area contributed by atoms with Crippen molar-refractivity contribution in [2.75, 3.05) is 13.1 Å². The summed E-state index contributed by atoms with van der Waals surface area (Å²) in [6.45, 7) is 5.65. The Morgan fingerprint density at radius 3 is 2.76 bits per heavy atom. The molecule has 2 atom stereocenters. The number of hydrogen-bond donors (Lipinski definition) is 1. The monoisotopic (exact) mass is 300 g/mol. The van der Waals surface area contributed by atoms with Gasteiger partial charge in [0, 0.05) is 36.6 Å². The molecule has 0 saturated carbocycles. The molecule has 2 aromatic rings. The van der Waals surface area contributed by atoms with E-state index in [0.29, 0.717) is 12.1 Å². The normalized spacial score (nSPS) is 23.3. The summed E-state index contributed by atoms with van der Waals surface area (Å²) in [4.78, 5) is 4.14. The number of piperazine rings is 1. The van der Waals surface area contributed by atoms with Crippen molar-refractivity contribution in [3.05, 3.63) is 58.3 Å². The SMILES string of the molecule is CCC1CNC(Cc2ccccc2)CN1Cc1cccs1. The summed E-state index contributed by atoms with van der Waals surface area (Å²) in [6, 6.07) is 16.5. The van der Waals surface area contributed by atoms with Crippen LogP contribution in [0.15, 0.2) is 47.8 Å². The minimum atomic E-state index is 0.565. The van der Waals surface area contributed by atoms with E-state index >= 15 is 0 Å². The van der Waals surface area contributed by atoms with Gasteiger partial charge in [-0.1, -0.05) is 43.3 Å². The maximum Gasteiger partial charge on any atom is 0.0332 e. The van der Waals surface area contributed by atoms with Crippen LogP contribution in [-0.2, 0) is 13.0 Å². The lowest BCUT2D eigenvalue weighted by molar-refractivity contribution is 0.120. The van der Waals surface area contributed by atoms with Gasteiger partial charge in [0.2, 0.25) is 0 Å². The highest BCUT2D eigenvalue weighted by Gasteiger charge is 2.26. The van der Waals surface area contributed by atoms with Crippen LogP contribution in [0.2, 0.25) is 0 Å². The van der Waals surface area contributed by atoms with E-state index in [4.69, 9.17) is 0 Å². The topological polar surface area (TPSA) is 15.3 Å². The first-order chi connectivity index (χ1) is 10.3. The fraction of sp³-hybridized carbons (Fsp3) is 0.444. The maximum atomic E-state index is 3.74. The van der Waals surface area contributed by atoms with E-state index in [9.17, 15) is 0 Å². The first kappa shape index (κ1) is 14.8. The molecule has 3 heteroatoms. The Morgan fingerprint density at radius 1 is 1.19 bits per heavy atom. The van der Waals surface area contributed by atoms with Gasteiger partial charge in [0.15, 0.2) is 0 Å². The van der Waals surface area contributed by atoms with E-state index in [-0.39, 0.29) is 0 Å². The van der Waals surface area contributed by atoms with Gasteiger partial charge in [-0.05, 0) is 29.9 Å². The molecule has 2 heterocycles. The maximum absolute atomic E-state index is 3.74. The first-order valence-electron chi connectivity index (χ1n) is 7.89. The van der Waals surface area contributed by atoms with Crippen LogP contribution in [-0.4, -0.2) is 30.1 Å². The third kappa shape index (κ3) is 3.94. The fourth-order valence-corrected chi connectivity index (χ4v) is 3.89. The number of thiophene rings is 1. The van der Waals surface area contributed by atoms with Gasteiger partial charge in [0.05, 0.1) is 0 Å². The van der Waals surface area contributed by atoms with Crippen LogP contribution in [0.4, 0.5) is 0 Å². The lowest BCUT2D eigenvalue weighted by atomic mass is 10.0. The van der Waals surface area contributed by atoms with E-state index in [2.05, 4.69) is 65.0 Å². The van der Waals surface area contributed by atoms with Gasteiger partial charge < -0.3 is 5.32 Å². The van der Waals surface area contributed by atoms with Crippen molar-refractivity contribution in [3.8, 4) is 0 Å². The largest absolute Gasteiger partial charge is 0.311 e. The van der Waals surface area contributed by atoms with Crippen LogP contribution >= 0.6 is 11.3 Å². The van der Waals surface area contributed by atoms with Crippen LogP contribution in [0.1, 0.15) is 23.8 Å². The molecule has 1 aliphatic rings. The van der Waals surface area contributed by atoms with Gasteiger partial charge in [-0.2, -0.15) is 0 Å². The Labute approximate surface area is 131 Å². The van der Waals surface area contributed by atoms with E-state index in [1.165, 1.54) is 16.9 Å². The molecule has 112 valence electrons. The quantitative estimate of drug-likeness (QED) is 0.908. The lowest BCUT2D eigenvalue weighted by Gasteiger charge is -2.40. The van der Waals surface area contributed by atoms with Crippen molar-refractivity contribution in [2.24, 2.45) is 0 Å². The van der Waals surface area contributed by atoms with Crippen LogP contribution in [0.3, 0.4) is 0 Å². The number of benzene rings is 1. The molecule has 1 fully saturated rings. The highest BCUT2D eigenvalue weighted by molar-refractivity contribution is 7.09. The molecule has 0 aliphatic carbocycles. The number of hydrogen-bond acceptors (Lipinski definition) is 3. The Kier molecular flexibility index (Phi) is 5.07. The van der Waals surface area contributed by atoms with Crippen LogP contribution in [0.25, 0.3) is 0 Å². The summed E-state index contributed by atoms with van der Waals surface area (Å²) in [5.41, 5.74) is 1.43. The van der Waals surface area contributed by atoms with Gasteiger partial charge in [-0.15, -0.1) is 11.3 Å². The number of nitrogens with one attached hydrogen (secondary N) is 1. The Morgan fingerprint density at radius 2 is 2.05 bits per heavy atom. The summed E-state index contributed by atoms with van der Waals surface area (Å²) < 4.78 is 0. The second-order valence-corrected chi connectivity index (χ2v) is 6.90. The molecule has 2 nitrogen and oxygen atoms in total. The van der Waals surface area contributed by atoms with Gasteiger partial charge >= 0.3 is 0 Å². The van der Waals surface area contributed by atoms with Gasteiger partial charge in [-0.3, -0.25) is 4.90 Å². The van der Waals surface area contributed by atoms with Gasteiger partial charge in [0.25, 0.3) is 0 Å². The van der Waals surface area contributed by atoms with Gasteiger partial charge in [0.1, 0.15) is 0 Å². The predicted octanol–water partition coefficient (Wildman–Crippen LogP) is 3.54. The van der Waals surface area contributed by atoms with Crippen LogP contribution in [0, 0.1) is 0 Å². The standard InChI is InChI=1S/C18H24N2S/c1-2-17-12-19-16(11-15-7-4-3-5-8-15)13-20(17)14-18-9-6-10-21-18/h3-10,16-17,19H,2,11-14H2,1H3. The smallest absolute Gasteiger partial charge is 0.0332 e. The van der Waals surface area contributed by atoms with Crippen molar-refractivity contribution in [3.63, 3.8) is 0 Å². The molecule has 1 N–H and O–H groups in total. The molecule has 1 aromatic heterocycles. The molecule has 21 heavy (non-hydrogen) atoms. The predicted molar refractivity (Wildman–Crippen MR) is 90.7 cm³/mol. The third-order valence-electron chi connectivity index (χ3n) is 4.35. The van der Waals surface area contributed by atoms with E-state index in [0.717, 1.165) is 26.1 Å². The van der Waals surface area contributed by atoms with E-state index in [1.807, 2.05) is 11.3 Å². The lowest BCUT2D eigenvalue weighted by Crippen LogP contribution is -2.56. The molecule has 2 unspecified atom stereocenters. The summed E-state index contributed by atoms with van der Waals surface area (Å²) in [6.07, 6.45) is 2.34. The van der Waals surface area contributed by atoms with Crippen molar-refractivity contribution in [2.45, 2.75) is 38.4 Å². The van der Waals surface area contributed by atoms with Crippen LogP contribution < -0.4 is 5.32 Å². The van der Waals surface area contributed by atoms with Crippen LogP contribution in [0.5, 0.6) is 0 Å². The average Bonchev–Trinajstić information content (AvgIpc) is 3.02. The summed E-state index contributed by atoms with van der Waals surface area (Å²) in [5, 5.41) is 5.92. The third-order valence-corrected chi connectivity index (χ3v) is 5.21. The first-order valence-corrected chi connectivity index (χ1v) is 8.77. The second kappa shape index (κ2) is 7.21. The Hall–Kier alpha value is -1.16. The van der Waals surface area contributed by atoms with E-state index < -0.39 is 0 Å². The van der Waals surface area contributed by atoms with Crippen molar-refractivity contribution in [1.82, 2.24) is 10.2 Å². The fourth-order valence-electron chi connectivity index (χ4n) is 3.16. The Balaban J connectivity index is 1.63. The molecule has 0 spiro atoms. The van der Waals surface area contributed by atoms with E-state index in [1.54, 1.807) is 0 Å². The summed E-state index contributed by atoms with van der Waals surface area (Å²) in [7, 11) is 0. The summed E-state index contributed by atoms with van der Waals surface area (Å²) in [5.74, 6) is 0. The zero-order valence-electron chi connectivity index (χ0n) is 12.7. The zero-order chi connectivity index (χ0) is 14.5. The molecular weight excluding hydrogens is 276 g/mol. The second-order valence-electron chi connectivity index (χ2n) is 5.87. The van der Waals surface area contributed by atoms with Gasteiger partial charge in [-0.25, -0.2) is 0 Å². The highest BCUT2D eigenvalue weighted by Crippen LogP contribution is 2.19. The minimum Gasteiger partial charge on any atom is -0.311 e. The molecule has 0 radical (unpaired) electrons. The van der Waals surface area contributed by atoms with Crippen molar-refractivity contribution >= 4 is 11.3 Å². The van der Waals surface area contributed by atoms with Crippen molar-refractivity contribution in [1.29, 1.82) is 0 Å². The molecule has 0 bridgehead atoms. The molecule has 1 aromatic carbocycles. The minimum absolute atomic E-state index is 0.565. The molecule has 1 aliphatic heterocycles. The van der Waals surface area contributed by atoms with Crippen molar-refractivity contribution < 1.29 is 0 Å². The molecule has 0 amide bonds. The number of nitrogens with zero attached hydrogens (tertiary/aromatic N) is 1. The molecular formula is C18H24N2S. The summed E-state index contributed by atoms with van der Waals surface area (Å²) >= 11 is 1.87. The molecule has 3 rings (SSSR count). The highest BCUT2D eigenvalue weighted by atomic mass is 32.1. The molecule has 1 saturated heterocycles. The Bertz CT molecular complexity index is 523. The number of rotatable bonds is 5.